The molecule has 0 bridgehead atoms. The molecule has 9 heteroatoms. The van der Waals surface area contributed by atoms with Crippen molar-refractivity contribution in [1.29, 1.82) is 0 Å². The summed E-state index contributed by atoms with van der Waals surface area (Å²) < 4.78 is 9.40. The van der Waals surface area contributed by atoms with E-state index in [1.54, 1.807) is 38.8 Å². The average Bonchev–Trinajstić information content (AvgIpc) is 3.28. The molecular weight excluding hydrogens is 468 g/mol. The van der Waals surface area contributed by atoms with Crippen molar-refractivity contribution in [2.45, 2.75) is 19.9 Å². The third-order valence-corrected chi connectivity index (χ3v) is 6.74. The van der Waals surface area contributed by atoms with E-state index in [1.807, 2.05) is 38.1 Å². The van der Waals surface area contributed by atoms with Crippen molar-refractivity contribution in [2.75, 3.05) is 13.1 Å². The first kappa shape index (κ1) is 24.3. The molecule has 0 unspecified atom stereocenters. The van der Waals surface area contributed by atoms with E-state index in [0.29, 0.717) is 39.0 Å². The van der Waals surface area contributed by atoms with Crippen LogP contribution in [0.15, 0.2) is 63.5 Å². The molecule has 1 fully saturated rings. The molecule has 4 heterocycles. The first-order valence-corrected chi connectivity index (χ1v) is 12.1. The van der Waals surface area contributed by atoms with Crippen LogP contribution in [0.2, 0.25) is 0 Å². The third-order valence-electron chi connectivity index (χ3n) is 6.74. The van der Waals surface area contributed by atoms with Gasteiger partial charge in [-0.2, -0.15) is 0 Å². The van der Waals surface area contributed by atoms with Gasteiger partial charge in [-0.25, -0.2) is 0 Å². The van der Waals surface area contributed by atoms with Crippen LogP contribution in [0.4, 0.5) is 0 Å². The summed E-state index contributed by atoms with van der Waals surface area (Å²) in [6.07, 6.45) is 6.61. The summed E-state index contributed by atoms with van der Waals surface area (Å²) in [5, 5.41) is 3.85. The Hall–Kier alpha value is -4.37. The summed E-state index contributed by atoms with van der Waals surface area (Å²) in [7, 11) is 3.37. The number of aliphatic imine (C=N–C) groups is 1. The van der Waals surface area contributed by atoms with Gasteiger partial charge in [0.2, 0.25) is 0 Å². The molecule has 4 aromatic rings. The fraction of sp³-hybridized carbons (Fsp3) is 0.250. The number of hydrogen-bond acceptors (Lipinski definition) is 6. The van der Waals surface area contributed by atoms with Gasteiger partial charge < -0.3 is 29.9 Å². The smallest absolute Gasteiger partial charge is 0.274 e. The van der Waals surface area contributed by atoms with Crippen LogP contribution in [0, 0.1) is 13.8 Å². The zero-order chi connectivity index (χ0) is 26.3. The molecule has 9 nitrogen and oxygen atoms in total. The van der Waals surface area contributed by atoms with Crippen LogP contribution >= 0.6 is 0 Å². The minimum absolute atomic E-state index is 0.189. The highest BCUT2D eigenvalue weighted by Gasteiger charge is 2.20. The molecule has 0 radical (unpaired) electrons. The molecule has 190 valence electrons. The van der Waals surface area contributed by atoms with Crippen molar-refractivity contribution in [3.63, 3.8) is 0 Å². The Morgan fingerprint density at radius 2 is 1.81 bits per heavy atom. The summed E-state index contributed by atoms with van der Waals surface area (Å²) in [5.74, 6) is 1.24. The van der Waals surface area contributed by atoms with Gasteiger partial charge in [0.05, 0.1) is 12.2 Å². The molecule has 1 saturated heterocycles. The molecule has 1 aliphatic heterocycles. The van der Waals surface area contributed by atoms with E-state index in [-0.39, 0.29) is 17.2 Å². The number of nitrogens with one attached hydrogen (secondary N) is 2. The standard InChI is InChI=1S/C28H30N6O3/c1-16-6-5-7-17(2)27(16)37-24-15-33(3)25(35)9-20(24)22-14-34(4)28(36)26-21(22)8-23(32-26)18(10-29)11-31-19-12-30-13-19/h5-11,14-15,19,30,32H,12-13,29H2,1-4H3/b18-10+,31-11?. The zero-order valence-electron chi connectivity index (χ0n) is 21.3. The van der Waals surface area contributed by atoms with E-state index in [2.05, 4.69) is 15.3 Å². The molecule has 0 atom stereocenters. The van der Waals surface area contributed by atoms with Crippen LogP contribution in [0.25, 0.3) is 27.6 Å². The van der Waals surface area contributed by atoms with Crippen molar-refractivity contribution in [2.24, 2.45) is 24.8 Å². The van der Waals surface area contributed by atoms with Gasteiger partial charge in [0, 0.05) is 79.6 Å². The Kier molecular flexibility index (Phi) is 6.31. The minimum atomic E-state index is -0.192. The third kappa shape index (κ3) is 4.49. The number of aromatic nitrogens is 3. The number of aryl methyl sites for hydroxylation is 4. The summed E-state index contributed by atoms with van der Waals surface area (Å²) in [5.41, 5.74) is 10.5. The van der Waals surface area contributed by atoms with E-state index in [4.69, 9.17) is 10.5 Å². The number of nitrogens with two attached hydrogens (primary N) is 1. The van der Waals surface area contributed by atoms with Crippen LogP contribution < -0.4 is 26.9 Å². The molecular formula is C28H30N6O3. The van der Waals surface area contributed by atoms with Crippen molar-refractivity contribution in [3.05, 3.63) is 86.5 Å². The highest BCUT2D eigenvalue weighted by Crippen LogP contribution is 2.38. The van der Waals surface area contributed by atoms with Gasteiger partial charge in [0.1, 0.15) is 11.3 Å². The molecule has 1 aromatic carbocycles. The molecule has 1 aliphatic rings. The number of nitrogens with zero attached hydrogens (tertiary/aromatic N) is 3. The molecule has 0 spiro atoms. The van der Waals surface area contributed by atoms with Crippen molar-refractivity contribution in [1.82, 2.24) is 19.4 Å². The van der Waals surface area contributed by atoms with Gasteiger partial charge in [-0.1, -0.05) is 18.2 Å². The molecule has 0 saturated carbocycles. The molecule has 3 aromatic heterocycles. The van der Waals surface area contributed by atoms with E-state index in [9.17, 15) is 9.59 Å². The van der Waals surface area contributed by atoms with Crippen LogP contribution in [0.1, 0.15) is 16.8 Å². The number of hydrogen-bond donors (Lipinski definition) is 3. The van der Waals surface area contributed by atoms with E-state index in [1.165, 1.54) is 15.3 Å². The van der Waals surface area contributed by atoms with Gasteiger partial charge in [-0.15, -0.1) is 0 Å². The van der Waals surface area contributed by atoms with E-state index >= 15 is 0 Å². The van der Waals surface area contributed by atoms with Crippen molar-refractivity contribution in [3.8, 4) is 22.6 Å². The SMILES string of the molecule is Cc1cccc(C)c1Oc1cn(C)c(=O)cc1-c1cn(C)c(=O)c2[nH]c(/C(C=NC3CNC3)=C/N)cc12. The predicted molar refractivity (Wildman–Crippen MR) is 148 cm³/mol. The molecule has 37 heavy (non-hydrogen) atoms. The summed E-state index contributed by atoms with van der Waals surface area (Å²) >= 11 is 0. The molecule has 0 aliphatic carbocycles. The van der Waals surface area contributed by atoms with Crippen LogP contribution in [-0.2, 0) is 14.1 Å². The Morgan fingerprint density at radius 3 is 2.46 bits per heavy atom. The summed E-state index contributed by atoms with van der Waals surface area (Å²) in [6, 6.07) is 9.57. The quantitative estimate of drug-likeness (QED) is 0.353. The van der Waals surface area contributed by atoms with E-state index in [0.717, 1.165) is 30.0 Å². The number of benzene rings is 1. The van der Waals surface area contributed by atoms with Crippen LogP contribution in [-0.4, -0.2) is 39.5 Å². The number of aromatic amines is 1. The predicted octanol–water partition coefficient (Wildman–Crippen LogP) is 2.98. The average molecular weight is 499 g/mol. The largest absolute Gasteiger partial charge is 0.455 e. The first-order chi connectivity index (χ1) is 17.8. The van der Waals surface area contributed by atoms with Gasteiger partial charge in [0.15, 0.2) is 5.75 Å². The Balaban J connectivity index is 1.69. The Morgan fingerprint density at radius 1 is 1.08 bits per heavy atom. The van der Waals surface area contributed by atoms with Gasteiger partial charge in [-0.05, 0) is 31.0 Å². The highest BCUT2D eigenvalue weighted by molar-refractivity contribution is 6.11. The first-order valence-electron chi connectivity index (χ1n) is 12.1. The number of H-pyrrole nitrogens is 1. The Bertz CT molecular complexity index is 1660. The zero-order valence-corrected chi connectivity index (χ0v) is 21.3. The normalized spacial score (nSPS) is 14.4. The van der Waals surface area contributed by atoms with Crippen LogP contribution in [0.5, 0.6) is 11.5 Å². The van der Waals surface area contributed by atoms with Gasteiger partial charge in [0.25, 0.3) is 11.1 Å². The lowest BCUT2D eigenvalue weighted by Crippen LogP contribution is -2.45. The van der Waals surface area contributed by atoms with Crippen molar-refractivity contribution < 1.29 is 4.74 Å². The lowest BCUT2D eigenvalue weighted by Gasteiger charge is -2.22. The number of ether oxygens (including phenoxy) is 1. The molecule has 4 N–H and O–H groups in total. The minimum Gasteiger partial charge on any atom is -0.455 e. The number of rotatable bonds is 6. The molecule has 0 amide bonds. The monoisotopic (exact) mass is 498 g/mol. The highest BCUT2D eigenvalue weighted by atomic mass is 16.5. The second kappa shape index (κ2) is 9.59. The number of para-hydroxylation sites is 1. The number of allylic oxidation sites excluding steroid dienone is 1. The Labute approximate surface area is 213 Å². The number of fused-ring (bicyclic) bond motifs is 1. The lowest BCUT2D eigenvalue weighted by atomic mass is 10.0. The summed E-state index contributed by atoms with van der Waals surface area (Å²) in [6.45, 7) is 5.62. The van der Waals surface area contributed by atoms with Crippen LogP contribution in [0.3, 0.4) is 0 Å². The maximum atomic E-state index is 13.1. The maximum Gasteiger partial charge on any atom is 0.274 e. The molecule has 5 rings (SSSR count). The number of pyridine rings is 2. The van der Waals surface area contributed by atoms with Gasteiger partial charge in [-0.3, -0.25) is 14.6 Å². The lowest BCUT2D eigenvalue weighted by molar-refractivity contribution is 0.449. The fourth-order valence-corrected chi connectivity index (χ4v) is 4.44. The van der Waals surface area contributed by atoms with Gasteiger partial charge >= 0.3 is 0 Å². The maximum absolute atomic E-state index is 13.1. The second-order valence-corrected chi connectivity index (χ2v) is 9.47. The second-order valence-electron chi connectivity index (χ2n) is 9.47. The fourth-order valence-electron chi connectivity index (χ4n) is 4.44. The summed E-state index contributed by atoms with van der Waals surface area (Å²) in [4.78, 5) is 33.6. The van der Waals surface area contributed by atoms with E-state index < -0.39 is 0 Å². The topological polar surface area (TPSA) is 119 Å². The van der Waals surface area contributed by atoms with Crippen molar-refractivity contribution >= 4 is 22.7 Å².